The van der Waals surface area contributed by atoms with Gasteiger partial charge < -0.3 is 28.8 Å². The highest BCUT2D eigenvalue weighted by Crippen LogP contribution is 2.36. The summed E-state index contributed by atoms with van der Waals surface area (Å²) in [6.45, 7) is 6.27. The first kappa shape index (κ1) is 39.5. The maximum Gasteiger partial charge on any atom is 0.258 e. The third-order valence-corrected chi connectivity index (χ3v) is 12.2. The Balaban J connectivity index is 0.000000157. The lowest BCUT2D eigenvalue weighted by Crippen LogP contribution is -2.38. The first-order valence-electron chi connectivity index (χ1n) is 20.6. The van der Waals surface area contributed by atoms with E-state index >= 15 is 0 Å². The van der Waals surface area contributed by atoms with Crippen LogP contribution in [-0.4, -0.2) is 70.1 Å². The van der Waals surface area contributed by atoms with Crippen LogP contribution in [0.2, 0.25) is 0 Å². The molecule has 8 aromatic rings. The summed E-state index contributed by atoms with van der Waals surface area (Å²) >= 11 is 0. The van der Waals surface area contributed by atoms with Crippen molar-refractivity contribution in [1.29, 1.82) is 5.26 Å². The molecule has 0 radical (unpaired) electrons. The predicted octanol–water partition coefficient (Wildman–Crippen LogP) is 9.77. The average molecular weight is 835 g/mol. The molecule has 3 N–H and O–H groups in total. The van der Waals surface area contributed by atoms with Crippen LogP contribution in [0.25, 0.3) is 67.5 Å². The fourth-order valence-electron chi connectivity index (χ4n) is 8.42. The standard InChI is InChI=1S/C23H25N5O3S.C23H21N5O/c1-15-5-3-4-12-28(15)21-9-7-18(14-20(21)27-32(2,29)30)23-25-22(26-31-23)17-6-8-19-16(13-17)10-11-24-19;1-15-4-2-3-11-28(15)21-8-6-18(13-19(21)14-24)23-26-22(27-29-23)17-5-7-20-16(12-17)9-10-25-20/h6-11,13-15,24,27H,3-5,12H2,1-2H3;5-10,12-13,15,25H,2-4,11H2,1H3. The molecular weight excluding hydrogens is 789 g/mol. The molecule has 0 saturated carbocycles. The Kier molecular flexibility index (Phi) is 10.8. The molecule has 6 heterocycles. The predicted molar refractivity (Wildman–Crippen MR) is 239 cm³/mol. The van der Waals surface area contributed by atoms with Gasteiger partial charge in [-0.1, -0.05) is 10.3 Å². The molecule has 0 amide bonds. The molecular formula is C46H46N10O4S. The molecule has 61 heavy (non-hydrogen) atoms. The SMILES string of the molecule is CC1CCCCN1c1ccc(-c2nc(-c3ccc4[nH]ccc4c3)no2)cc1C#N.CC1CCCCN1c1ccc(-c2nc(-c3ccc4[nH]ccc4c3)no2)cc1NS(C)(=O)=O. The van der Waals surface area contributed by atoms with Crippen LogP contribution >= 0.6 is 0 Å². The molecule has 4 aromatic heterocycles. The van der Waals surface area contributed by atoms with Crippen molar-refractivity contribution in [1.82, 2.24) is 30.2 Å². The topological polar surface area (TPSA) is 186 Å². The minimum absolute atomic E-state index is 0.337. The van der Waals surface area contributed by atoms with E-state index in [1.165, 1.54) is 12.8 Å². The molecule has 0 aliphatic carbocycles. The highest BCUT2D eigenvalue weighted by atomic mass is 32.2. The van der Waals surface area contributed by atoms with Crippen molar-refractivity contribution >= 4 is 48.9 Å². The lowest BCUT2D eigenvalue weighted by molar-refractivity contribution is 0.432. The minimum atomic E-state index is -3.45. The van der Waals surface area contributed by atoms with Gasteiger partial charge in [-0.3, -0.25) is 4.72 Å². The van der Waals surface area contributed by atoms with Crippen molar-refractivity contribution in [3.8, 4) is 51.8 Å². The van der Waals surface area contributed by atoms with Gasteiger partial charge in [0.25, 0.3) is 11.8 Å². The van der Waals surface area contributed by atoms with Crippen LogP contribution in [-0.2, 0) is 10.0 Å². The van der Waals surface area contributed by atoms with E-state index in [2.05, 4.69) is 64.7 Å². The zero-order chi connectivity index (χ0) is 42.1. The van der Waals surface area contributed by atoms with Crippen molar-refractivity contribution in [3.63, 3.8) is 0 Å². The van der Waals surface area contributed by atoms with Crippen LogP contribution in [0, 0.1) is 11.3 Å². The maximum absolute atomic E-state index is 12.1. The number of benzene rings is 4. The highest BCUT2D eigenvalue weighted by molar-refractivity contribution is 7.92. The Morgan fingerprint density at radius 1 is 0.672 bits per heavy atom. The number of aromatic nitrogens is 6. The summed E-state index contributed by atoms with van der Waals surface area (Å²) in [4.78, 5) is 20.1. The third kappa shape index (κ3) is 8.44. The van der Waals surface area contributed by atoms with Gasteiger partial charge in [0.2, 0.25) is 21.7 Å². The van der Waals surface area contributed by atoms with Gasteiger partial charge in [-0.15, -0.1) is 0 Å². The van der Waals surface area contributed by atoms with Crippen LogP contribution in [0.1, 0.15) is 57.9 Å². The minimum Gasteiger partial charge on any atom is -0.368 e. The fraction of sp³-hybridized carbons (Fsp3) is 0.283. The first-order valence-corrected chi connectivity index (χ1v) is 22.5. The lowest BCUT2D eigenvalue weighted by Gasteiger charge is -2.36. The molecule has 2 saturated heterocycles. The number of nitrogens with zero attached hydrogens (tertiary/aromatic N) is 7. The van der Waals surface area contributed by atoms with E-state index in [4.69, 9.17) is 9.05 Å². The zero-order valence-electron chi connectivity index (χ0n) is 34.2. The number of sulfonamides is 1. The Morgan fingerprint density at radius 3 is 1.70 bits per heavy atom. The summed E-state index contributed by atoms with van der Waals surface area (Å²) in [5, 5.41) is 20.2. The highest BCUT2D eigenvalue weighted by Gasteiger charge is 2.25. The van der Waals surface area contributed by atoms with Crippen molar-refractivity contribution in [2.45, 2.75) is 64.5 Å². The van der Waals surface area contributed by atoms with Crippen molar-refractivity contribution < 1.29 is 17.5 Å². The van der Waals surface area contributed by atoms with Crippen LogP contribution in [0.15, 0.2) is 106 Å². The van der Waals surface area contributed by atoms with Gasteiger partial charge in [-0.25, -0.2) is 8.42 Å². The molecule has 2 fully saturated rings. The molecule has 14 nitrogen and oxygen atoms in total. The normalized spacial score (nSPS) is 17.0. The molecule has 15 heteroatoms. The van der Waals surface area contributed by atoms with E-state index in [1.54, 1.807) is 6.07 Å². The second kappa shape index (κ2) is 16.6. The molecule has 4 aromatic carbocycles. The molecule has 2 unspecified atom stereocenters. The Labute approximate surface area is 353 Å². The largest absolute Gasteiger partial charge is 0.368 e. The lowest BCUT2D eigenvalue weighted by atomic mass is 10.0. The number of hydrogen-bond acceptors (Lipinski definition) is 11. The molecule has 2 atom stereocenters. The fourth-order valence-corrected chi connectivity index (χ4v) is 8.99. The summed E-state index contributed by atoms with van der Waals surface area (Å²) in [6.07, 6.45) is 11.9. The Morgan fingerprint density at radius 2 is 1.18 bits per heavy atom. The third-order valence-electron chi connectivity index (χ3n) is 11.6. The quantitative estimate of drug-likeness (QED) is 0.132. The smallest absolute Gasteiger partial charge is 0.258 e. The second-order valence-corrected chi connectivity index (χ2v) is 17.7. The second-order valence-electron chi connectivity index (χ2n) is 15.9. The van der Waals surface area contributed by atoms with Crippen molar-refractivity contribution in [3.05, 3.63) is 103 Å². The van der Waals surface area contributed by atoms with Crippen molar-refractivity contribution in [2.24, 2.45) is 0 Å². The van der Waals surface area contributed by atoms with E-state index in [1.807, 2.05) is 91.3 Å². The average Bonchev–Trinajstić information content (AvgIpc) is 4.11. The summed E-state index contributed by atoms with van der Waals surface area (Å²) in [5.74, 6) is 1.78. The van der Waals surface area contributed by atoms with Gasteiger partial charge in [-0.05, 0) is 137 Å². The van der Waals surface area contributed by atoms with Gasteiger partial charge in [0.1, 0.15) is 6.07 Å². The van der Waals surface area contributed by atoms with Gasteiger partial charge in [0.15, 0.2) is 0 Å². The number of rotatable bonds is 8. The Bertz CT molecular complexity index is 3000. The number of nitrogens with one attached hydrogen (secondary N) is 3. The van der Waals surface area contributed by atoms with Gasteiger partial charge in [0, 0.05) is 81.6 Å². The van der Waals surface area contributed by atoms with Gasteiger partial charge >= 0.3 is 0 Å². The molecule has 2 aliphatic heterocycles. The van der Waals surface area contributed by atoms with Gasteiger partial charge in [0.05, 0.1) is 28.9 Å². The van der Waals surface area contributed by atoms with E-state index in [0.717, 1.165) is 94.9 Å². The molecule has 310 valence electrons. The monoisotopic (exact) mass is 834 g/mol. The van der Waals surface area contributed by atoms with E-state index in [9.17, 15) is 13.7 Å². The van der Waals surface area contributed by atoms with Crippen LogP contribution in [0.5, 0.6) is 0 Å². The summed E-state index contributed by atoms with van der Waals surface area (Å²) in [5.41, 5.74) is 8.28. The van der Waals surface area contributed by atoms with Crippen LogP contribution in [0.4, 0.5) is 17.1 Å². The number of hydrogen-bond donors (Lipinski definition) is 3. The number of piperidine rings is 2. The van der Waals surface area contributed by atoms with Crippen LogP contribution < -0.4 is 14.5 Å². The molecule has 2 aliphatic rings. The number of fused-ring (bicyclic) bond motifs is 2. The van der Waals surface area contributed by atoms with E-state index in [-0.39, 0.29) is 0 Å². The van der Waals surface area contributed by atoms with Crippen LogP contribution in [0.3, 0.4) is 0 Å². The van der Waals surface area contributed by atoms with E-state index in [0.29, 0.717) is 52.3 Å². The maximum atomic E-state index is 12.1. The first-order chi connectivity index (χ1) is 29.6. The number of anilines is 3. The van der Waals surface area contributed by atoms with Crippen molar-refractivity contribution in [2.75, 3.05) is 33.9 Å². The molecule has 0 bridgehead atoms. The van der Waals surface area contributed by atoms with E-state index < -0.39 is 10.0 Å². The zero-order valence-corrected chi connectivity index (χ0v) is 35.0. The summed E-state index contributed by atoms with van der Waals surface area (Å²) in [7, 11) is -3.45. The summed E-state index contributed by atoms with van der Waals surface area (Å²) in [6, 6.07) is 30.5. The van der Waals surface area contributed by atoms with Gasteiger partial charge in [-0.2, -0.15) is 15.2 Å². The molecule has 0 spiro atoms. The number of H-pyrrole nitrogens is 2. The molecule has 10 rings (SSSR count). The number of nitriles is 1. The Hall–Kier alpha value is -6.92. The number of aromatic amines is 2. The summed E-state index contributed by atoms with van der Waals surface area (Å²) < 4.78 is 37.8.